The van der Waals surface area contributed by atoms with Crippen LogP contribution in [0.2, 0.25) is 0 Å². The van der Waals surface area contributed by atoms with E-state index >= 15 is 0 Å². The van der Waals surface area contributed by atoms with Gasteiger partial charge in [-0.1, -0.05) is 19.4 Å². The lowest BCUT2D eigenvalue weighted by atomic mass is 10.2. The lowest BCUT2D eigenvalue weighted by molar-refractivity contribution is 0.0691. The summed E-state index contributed by atoms with van der Waals surface area (Å²) in [7, 11) is 0. The lowest BCUT2D eigenvalue weighted by Crippen LogP contribution is -2.05. The number of benzene rings is 1. The Labute approximate surface area is 97.2 Å². The zero-order chi connectivity index (χ0) is 11.3. The molecule has 0 saturated heterocycles. The molecule has 0 aromatic heterocycles. The first-order valence-electron chi connectivity index (χ1n) is 4.81. The van der Waals surface area contributed by atoms with E-state index < -0.39 is 5.97 Å². The van der Waals surface area contributed by atoms with Crippen LogP contribution in [0, 0.1) is 0 Å². The van der Waals surface area contributed by atoms with Gasteiger partial charge in [-0.3, -0.25) is 0 Å². The summed E-state index contributed by atoms with van der Waals surface area (Å²) in [5.41, 5.74) is 0.189. The van der Waals surface area contributed by atoms with Crippen molar-refractivity contribution in [1.82, 2.24) is 0 Å². The van der Waals surface area contributed by atoms with Crippen LogP contribution in [-0.2, 0) is 0 Å². The van der Waals surface area contributed by atoms with Gasteiger partial charge in [-0.15, -0.1) is 0 Å². The first-order chi connectivity index (χ1) is 7.16. The van der Waals surface area contributed by atoms with Crippen LogP contribution in [0.5, 0.6) is 5.75 Å². The van der Waals surface area contributed by atoms with Crippen molar-refractivity contribution in [3.05, 3.63) is 28.2 Å². The first kappa shape index (κ1) is 12.0. The van der Waals surface area contributed by atoms with Gasteiger partial charge in [0.1, 0.15) is 11.3 Å². The third-order valence-corrected chi connectivity index (χ3v) is 2.61. The standard InChI is InChI=1S/C11H13BrO3/c1-2-3-7-15-9-6-4-5-8(12)10(9)11(13)14/h4-6H,2-3,7H2,1H3,(H,13,14). The highest BCUT2D eigenvalue weighted by Crippen LogP contribution is 2.26. The van der Waals surface area contributed by atoms with Crippen molar-refractivity contribution >= 4 is 21.9 Å². The molecule has 0 spiro atoms. The van der Waals surface area contributed by atoms with Gasteiger partial charge in [-0.25, -0.2) is 4.79 Å². The summed E-state index contributed by atoms with van der Waals surface area (Å²) in [5.74, 6) is -0.556. The number of hydrogen-bond donors (Lipinski definition) is 1. The summed E-state index contributed by atoms with van der Waals surface area (Å²) in [6.07, 6.45) is 1.95. The molecule has 1 N–H and O–H groups in total. The Bertz CT molecular complexity index is 350. The predicted octanol–water partition coefficient (Wildman–Crippen LogP) is 3.33. The molecule has 0 heterocycles. The Hall–Kier alpha value is -1.03. The molecule has 1 aromatic rings. The van der Waals surface area contributed by atoms with Crippen LogP contribution in [0.4, 0.5) is 0 Å². The summed E-state index contributed by atoms with van der Waals surface area (Å²) in [6.45, 7) is 2.61. The molecule has 4 heteroatoms. The molecule has 0 amide bonds. The van der Waals surface area contributed by atoms with E-state index in [9.17, 15) is 4.79 Å². The van der Waals surface area contributed by atoms with E-state index in [1.165, 1.54) is 0 Å². The highest BCUT2D eigenvalue weighted by molar-refractivity contribution is 9.10. The van der Waals surface area contributed by atoms with Gasteiger partial charge in [0.15, 0.2) is 0 Å². The summed E-state index contributed by atoms with van der Waals surface area (Å²) >= 11 is 3.20. The van der Waals surface area contributed by atoms with Gasteiger partial charge in [0.2, 0.25) is 0 Å². The Morgan fingerprint density at radius 3 is 2.87 bits per heavy atom. The Morgan fingerprint density at radius 2 is 2.27 bits per heavy atom. The SMILES string of the molecule is CCCCOc1cccc(Br)c1C(=O)O. The Balaban J connectivity index is 2.86. The van der Waals surface area contributed by atoms with Crippen LogP contribution in [0.3, 0.4) is 0 Å². The van der Waals surface area contributed by atoms with E-state index in [0.717, 1.165) is 12.8 Å². The monoisotopic (exact) mass is 272 g/mol. The number of rotatable bonds is 5. The maximum atomic E-state index is 11.0. The van der Waals surface area contributed by atoms with Crippen molar-refractivity contribution in [2.24, 2.45) is 0 Å². The molecule has 82 valence electrons. The molecule has 3 nitrogen and oxygen atoms in total. The number of carbonyl (C=O) groups is 1. The van der Waals surface area contributed by atoms with Crippen molar-refractivity contribution in [1.29, 1.82) is 0 Å². The lowest BCUT2D eigenvalue weighted by Gasteiger charge is -2.09. The number of aromatic carboxylic acids is 1. The quantitative estimate of drug-likeness (QED) is 0.837. The van der Waals surface area contributed by atoms with E-state index in [-0.39, 0.29) is 5.56 Å². The smallest absolute Gasteiger partial charge is 0.340 e. The Kier molecular flexibility index (Phi) is 4.62. The normalized spacial score (nSPS) is 10.0. The molecule has 0 atom stereocenters. The van der Waals surface area contributed by atoms with Crippen LogP contribution < -0.4 is 4.74 Å². The van der Waals surface area contributed by atoms with Crippen LogP contribution in [0.1, 0.15) is 30.1 Å². The first-order valence-corrected chi connectivity index (χ1v) is 5.60. The fourth-order valence-electron chi connectivity index (χ4n) is 1.16. The molecule has 0 aliphatic heterocycles. The summed E-state index contributed by atoms with van der Waals surface area (Å²) in [5, 5.41) is 8.99. The van der Waals surface area contributed by atoms with Crippen LogP contribution in [0.15, 0.2) is 22.7 Å². The second-order valence-electron chi connectivity index (χ2n) is 3.12. The van der Waals surface area contributed by atoms with Gasteiger partial charge in [-0.2, -0.15) is 0 Å². The average molecular weight is 273 g/mol. The predicted molar refractivity (Wildman–Crippen MR) is 61.5 cm³/mol. The molecular weight excluding hydrogens is 260 g/mol. The van der Waals surface area contributed by atoms with Gasteiger partial charge in [0, 0.05) is 4.47 Å². The number of carboxylic acids is 1. The topological polar surface area (TPSA) is 46.5 Å². The molecule has 1 aromatic carbocycles. The summed E-state index contributed by atoms with van der Waals surface area (Å²) in [6, 6.07) is 5.12. The van der Waals surface area contributed by atoms with Gasteiger partial charge in [-0.05, 0) is 34.5 Å². The van der Waals surface area contributed by atoms with Crippen LogP contribution in [-0.4, -0.2) is 17.7 Å². The minimum absolute atomic E-state index is 0.189. The summed E-state index contributed by atoms with van der Waals surface area (Å²) < 4.78 is 5.95. The third kappa shape index (κ3) is 3.23. The molecule has 1 rings (SSSR count). The second-order valence-corrected chi connectivity index (χ2v) is 3.97. The van der Waals surface area contributed by atoms with Crippen LogP contribution in [0.25, 0.3) is 0 Å². The van der Waals surface area contributed by atoms with Crippen molar-refractivity contribution in [3.8, 4) is 5.75 Å². The number of halogens is 1. The van der Waals surface area contributed by atoms with Gasteiger partial charge >= 0.3 is 5.97 Å². The van der Waals surface area contributed by atoms with E-state index in [1.807, 2.05) is 0 Å². The maximum absolute atomic E-state index is 11.0. The Morgan fingerprint density at radius 1 is 1.53 bits per heavy atom. The molecule has 0 aliphatic rings. The fraction of sp³-hybridized carbons (Fsp3) is 0.364. The van der Waals surface area contributed by atoms with Gasteiger partial charge < -0.3 is 9.84 Å². The maximum Gasteiger partial charge on any atom is 0.340 e. The van der Waals surface area contributed by atoms with Crippen LogP contribution >= 0.6 is 15.9 Å². The minimum atomic E-state index is -0.978. The van der Waals surface area contributed by atoms with Crippen molar-refractivity contribution < 1.29 is 14.6 Å². The van der Waals surface area contributed by atoms with Crippen molar-refractivity contribution in [3.63, 3.8) is 0 Å². The number of unbranched alkanes of at least 4 members (excludes halogenated alkanes) is 1. The molecule has 0 saturated carbocycles. The molecule has 0 fully saturated rings. The van der Waals surface area contributed by atoms with Crippen molar-refractivity contribution in [2.75, 3.05) is 6.61 Å². The van der Waals surface area contributed by atoms with Gasteiger partial charge in [0.25, 0.3) is 0 Å². The highest BCUT2D eigenvalue weighted by atomic mass is 79.9. The molecule has 0 aliphatic carbocycles. The number of ether oxygens (including phenoxy) is 1. The zero-order valence-electron chi connectivity index (χ0n) is 8.50. The summed E-state index contributed by atoms with van der Waals surface area (Å²) in [4.78, 5) is 11.0. The highest BCUT2D eigenvalue weighted by Gasteiger charge is 2.14. The zero-order valence-corrected chi connectivity index (χ0v) is 10.1. The van der Waals surface area contributed by atoms with E-state index in [1.54, 1.807) is 18.2 Å². The van der Waals surface area contributed by atoms with E-state index in [2.05, 4.69) is 22.9 Å². The molecule has 0 unspecified atom stereocenters. The fourth-order valence-corrected chi connectivity index (χ4v) is 1.68. The second kappa shape index (κ2) is 5.75. The molecular formula is C11H13BrO3. The third-order valence-electron chi connectivity index (χ3n) is 1.94. The van der Waals surface area contributed by atoms with E-state index in [0.29, 0.717) is 16.8 Å². The average Bonchev–Trinajstić information content (AvgIpc) is 2.17. The largest absolute Gasteiger partial charge is 0.493 e. The van der Waals surface area contributed by atoms with E-state index in [4.69, 9.17) is 9.84 Å². The molecule has 0 bridgehead atoms. The van der Waals surface area contributed by atoms with Gasteiger partial charge in [0.05, 0.1) is 6.61 Å². The van der Waals surface area contributed by atoms with Crippen molar-refractivity contribution in [2.45, 2.75) is 19.8 Å². The number of carboxylic acid groups (broad SMARTS) is 1. The molecule has 15 heavy (non-hydrogen) atoms. The minimum Gasteiger partial charge on any atom is -0.493 e. The number of hydrogen-bond acceptors (Lipinski definition) is 2. The molecule has 0 radical (unpaired) electrons.